The lowest BCUT2D eigenvalue weighted by molar-refractivity contribution is 0.243. The van der Waals surface area contributed by atoms with Crippen molar-refractivity contribution in [3.63, 3.8) is 0 Å². The molecule has 1 atom stereocenters. The van der Waals surface area contributed by atoms with Gasteiger partial charge in [-0.25, -0.2) is 9.97 Å². The average molecular weight is 286 g/mol. The van der Waals surface area contributed by atoms with Crippen LogP contribution in [0.1, 0.15) is 23.0 Å². The van der Waals surface area contributed by atoms with E-state index in [1.165, 1.54) is 0 Å². The van der Waals surface area contributed by atoms with Crippen LogP contribution in [-0.2, 0) is 6.54 Å². The summed E-state index contributed by atoms with van der Waals surface area (Å²) in [4.78, 5) is 10.8. The normalized spacial score (nSPS) is 12.2. The Bertz CT molecular complexity index is 572. The molecule has 0 aliphatic heterocycles. The van der Waals surface area contributed by atoms with Gasteiger partial charge in [0.05, 0.1) is 18.3 Å². The molecule has 0 fully saturated rings. The largest absolute Gasteiger partial charge is 0.394 e. The first-order valence-electron chi connectivity index (χ1n) is 7.01. The van der Waals surface area contributed by atoms with Crippen LogP contribution >= 0.6 is 0 Å². The van der Waals surface area contributed by atoms with Gasteiger partial charge in [-0.15, -0.1) is 0 Å². The lowest BCUT2D eigenvalue weighted by Gasteiger charge is -2.17. The summed E-state index contributed by atoms with van der Waals surface area (Å²) in [5, 5.41) is 12.9. The molecule has 2 aromatic rings. The Morgan fingerprint density at radius 3 is 2.52 bits per heavy atom. The van der Waals surface area contributed by atoms with Crippen LogP contribution in [0, 0.1) is 6.92 Å². The number of hydrogen-bond acceptors (Lipinski definition) is 5. The maximum atomic E-state index is 9.55. The number of hydrogen-bond donors (Lipinski definition) is 2. The molecular formula is C16H22N4O. The molecule has 1 aromatic heterocycles. The van der Waals surface area contributed by atoms with Crippen molar-refractivity contribution in [1.82, 2.24) is 15.3 Å². The van der Waals surface area contributed by atoms with E-state index >= 15 is 0 Å². The zero-order valence-corrected chi connectivity index (χ0v) is 12.7. The third-order valence-corrected chi connectivity index (χ3v) is 3.21. The second-order valence-corrected chi connectivity index (χ2v) is 5.22. The van der Waals surface area contributed by atoms with Crippen LogP contribution in [0.4, 0.5) is 5.95 Å². The molecule has 0 saturated heterocycles. The van der Waals surface area contributed by atoms with Crippen molar-refractivity contribution < 1.29 is 5.11 Å². The summed E-state index contributed by atoms with van der Waals surface area (Å²) in [5.41, 5.74) is 2.92. The van der Waals surface area contributed by atoms with Crippen LogP contribution in [-0.4, -0.2) is 35.8 Å². The molecule has 2 rings (SSSR count). The van der Waals surface area contributed by atoms with E-state index in [-0.39, 0.29) is 12.6 Å². The van der Waals surface area contributed by atoms with E-state index < -0.39 is 0 Å². The van der Waals surface area contributed by atoms with E-state index in [1.807, 2.05) is 62.3 Å². The van der Waals surface area contributed by atoms with E-state index in [1.54, 1.807) is 0 Å². The molecule has 0 bridgehead atoms. The molecule has 2 N–H and O–H groups in total. The van der Waals surface area contributed by atoms with Gasteiger partial charge in [0.2, 0.25) is 5.95 Å². The van der Waals surface area contributed by atoms with E-state index in [4.69, 9.17) is 0 Å². The summed E-state index contributed by atoms with van der Waals surface area (Å²) in [5.74, 6) is 0.701. The molecule has 0 saturated carbocycles. The van der Waals surface area contributed by atoms with Crippen molar-refractivity contribution >= 4 is 5.95 Å². The van der Waals surface area contributed by atoms with E-state index in [0.29, 0.717) is 12.5 Å². The van der Waals surface area contributed by atoms with Crippen molar-refractivity contribution in [2.45, 2.75) is 19.5 Å². The summed E-state index contributed by atoms with van der Waals surface area (Å²) < 4.78 is 0. The van der Waals surface area contributed by atoms with Crippen molar-refractivity contribution in [2.24, 2.45) is 0 Å². The number of aromatic nitrogens is 2. The monoisotopic (exact) mass is 286 g/mol. The van der Waals surface area contributed by atoms with Crippen LogP contribution < -0.4 is 10.2 Å². The minimum absolute atomic E-state index is 0.0502. The fourth-order valence-electron chi connectivity index (χ4n) is 2.11. The van der Waals surface area contributed by atoms with Gasteiger partial charge in [0.1, 0.15) is 0 Å². The first-order chi connectivity index (χ1) is 10.1. The van der Waals surface area contributed by atoms with Crippen molar-refractivity contribution in [2.75, 3.05) is 25.6 Å². The molecule has 21 heavy (non-hydrogen) atoms. The molecule has 0 radical (unpaired) electrons. The Morgan fingerprint density at radius 2 is 1.90 bits per heavy atom. The van der Waals surface area contributed by atoms with Gasteiger partial charge in [-0.1, -0.05) is 30.3 Å². The molecule has 1 aromatic carbocycles. The Balaban J connectivity index is 2.08. The highest BCUT2D eigenvalue weighted by atomic mass is 16.3. The molecule has 0 spiro atoms. The van der Waals surface area contributed by atoms with Crippen LogP contribution in [0.2, 0.25) is 0 Å². The van der Waals surface area contributed by atoms with Crippen LogP contribution in [0.15, 0.2) is 36.4 Å². The molecule has 5 nitrogen and oxygen atoms in total. The first-order valence-corrected chi connectivity index (χ1v) is 7.01. The number of rotatable bonds is 6. The zero-order valence-electron chi connectivity index (χ0n) is 12.7. The Labute approximate surface area is 125 Å². The van der Waals surface area contributed by atoms with E-state index in [2.05, 4.69) is 15.3 Å². The van der Waals surface area contributed by atoms with Gasteiger partial charge in [0.25, 0.3) is 0 Å². The molecule has 0 amide bonds. The molecule has 0 unspecified atom stereocenters. The summed E-state index contributed by atoms with van der Waals surface area (Å²) in [6.45, 7) is 2.60. The number of nitrogens with zero attached hydrogens (tertiary/aromatic N) is 3. The maximum Gasteiger partial charge on any atom is 0.225 e. The second kappa shape index (κ2) is 7.15. The lowest BCUT2D eigenvalue weighted by atomic mass is 10.1. The predicted octanol–water partition coefficient (Wildman–Crippen LogP) is 1.67. The molecule has 0 aliphatic rings. The van der Waals surface area contributed by atoms with Crippen molar-refractivity contribution in [1.29, 1.82) is 0 Å². The van der Waals surface area contributed by atoms with Gasteiger partial charge in [-0.05, 0) is 18.6 Å². The Kier molecular flexibility index (Phi) is 5.25. The molecule has 0 aliphatic carbocycles. The summed E-state index contributed by atoms with van der Waals surface area (Å²) >= 11 is 0. The predicted molar refractivity (Wildman–Crippen MR) is 84.2 cm³/mol. The number of aliphatic hydroxyl groups excluding tert-OH is 1. The van der Waals surface area contributed by atoms with E-state index in [0.717, 1.165) is 17.0 Å². The zero-order chi connectivity index (χ0) is 15.2. The third kappa shape index (κ3) is 4.24. The molecule has 112 valence electrons. The second-order valence-electron chi connectivity index (χ2n) is 5.22. The lowest BCUT2D eigenvalue weighted by Crippen LogP contribution is -2.25. The van der Waals surface area contributed by atoms with E-state index in [9.17, 15) is 5.11 Å². The fourth-order valence-corrected chi connectivity index (χ4v) is 2.11. The van der Waals surface area contributed by atoms with Gasteiger partial charge < -0.3 is 15.3 Å². The Hall–Kier alpha value is -1.98. The fraction of sp³-hybridized carbons (Fsp3) is 0.375. The van der Waals surface area contributed by atoms with Crippen LogP contribution in [0.3, 0.4) is 0 Å². The van der Waals surface area contributed by atoms with Gasteiger partial charge in [0, 0.05) is 26.3 Å². The van der Waals surface area contributed by atoms with Crippen molar-refractivity contribution in [3.05, 3.63) is 53.3 Å². The smallest absolute Gasteiger partial charge is 0.225 e. The number of benzene rings is 1. The highest BCUT2D eigenvalue weighted by Crippen LogP contribution is 2.13. The van der Waals surface area contributed by atoms with Gasteiger partial charge in [0.15, 0.2) is 0 Å². The number of aryl methyl sites for hydroxylation is 1. The number of nitrogens with one attached hydrogen (secondary N) is 1. The summed E-state index contributed by atoms with van der Waals surface area (Å²) in [6, 6.07) is 11.8. The van der Waals surface area contributed by atoms with Gasteiger partial charge >= 0.3 is 0 Å². The minimum Gasteiger partial charge on any atom is -0.394 e. The Morgan fingerprint density at radius 1 is 1.19 bits per heavy atom. The van der Waals surface area contributed by atoms with Crippen LogP contribution in [0.25, 0.3) is 0 Å². The van der Waals surface area contributed by atoms with Crippen LogP contribution in [0.5, 0.6) is 0 Å². The SMILES string of the molecule is Cc1cc(CN[C@@H](CO)c2ccccc2)nc(N(C)C)n1. The topological polar surface area (TPSA) is 61.3 Å². The number of anilines is 1. The van der Waals surface area contributed by atoms with Gasteiger partial charge in [-0.2, -0.15) is 0 Å². The van der Waals surface area contributed by atoms with Gasteiger partial charge in [-0.3, -0.25) is 0 Å². The molecule has 1 heterocycles. The van der Waals surface area contributed by atoms with Crippen molar-refractivity contribution in [3.8, 4) is 0 Å². The molecular weight excluding hydrogens is 264 g/mol. The quantitative estimate of drug-likeness (QED) is 0.846. The number of aliphatic hydroxyl groups is 1. The maximum absolute atomic E-state index is 9.55. The minimum atomic E-state index is -0.0933. The standard InChI is InChI=1S/C16H22N4O/c1-12-9-14(19-16(18-12)20(2)3)10-17-15(11-21)13-7-5-4-6-8-13/h4-9,15,17,21H,10-11H2,1-3H3/t15-/m0/s1. The highest BCUT2D eigenvalue weighted by molar-refractivity contribution is 5.30. The summed E-state index contributed by atoms with van der Waals surface area (Å²) in [6.07, 6.45) is 0. The summed E-state index contributed by atoms with van der Waals surface area (Å²) in [7, 11) is 3.85. The average Bonchev–Trinajstić information content (AvgIpc) is 2.48. The third-order valence-electron chi connectivity index (χ3n) is 3.21. The highest BCUT2D eigenvalue weighted by Gasteiger charge is 2.10. The first kappa shape index (κ1) is 15.4. The molecule has 5 heteroatoms.